The van der Waals surface area contributed by atoms with Gasteiger partial charge in [-0.25, -0.2) is 0 Å². The Morgan fingerprint density at radius 3 is 2.54 bits per heavy atom. The molecule has 1 unspecified atom stereocenters. The Morgan fingerprint density at radius 1 is 0.923 bits per heavy atom. The van der Waals surface area contributed by atoms with Crippen molar-refractivity contribution in [2.45, 2.75) is 12.3 Å². The van der Waals surface area contributed by atoms with Gasteiger partial charge in [0, 0.05) is 28.0 Å². The van der Waals surface area contributed by atoms with Gasteiger partial charge in [0.15, 0.2) is 0 Å². The molecule has 4 aromatic rings. The highest BCUT2D eigenvalue weighted by atomic mass is 35.5. The van der Waals surface area contributed by atoms with E-state index >= 15 is 0 Å². The largest absolute Gasteiger partial charge is 0.457 e. The number of hydrogen-bond acceptors (Lipinski definition) is 1. The SMILES string of the molecule is [CH2]CC(c1cccc(Oc2ccccc2)c1)c1c[nH]c2ccc(Cl)cc12. The molecule has 1 N–H and O–H groups in total. The number of benzene rings is 3. The van der Waals surface area contributed by atoms with E-state index in [9.17, 15) is 0 Å². The van der Waals surface area contributed by atoms with Gasteiger partial charge in [-0.15, -0.1) is 0 Å². The topological polar surface area (TPSA) is 25.0 Å². The van der Waals surface area contributed by atoms with Crippen molar-refractivity contribution in [3.8, 4) is 11.5 Å². The van der Waals surface area contributed by atoms with E-state index < -0.39 is 0 Å². The quantitative estimate of drug-likeness (QED) is 0.408. The van der Waals surface area contributed by atoms with E-state index in [4.69, 9.17) is 16.3 Å². The average molecular weight is 361 g/mol. The number of aromatic amines is 1. The van der Waals surface area contributed by atoms with Gasteiger partial charge in [-0.3, -0.25) is 0 Å². The van der Waals surface area contributed by atoms with Crippen molar-refractivity contribution in [2.24, 2.45) is 0 Å². The molecule has 3 aromatic carbocycles. The van der Waals surface area contributed by atoms with Crippen LogP contribution in [0.15, 0.2) is 79.0 Å². The summed E-state index contributed by atoms with van der Waals surface area (Å²) < 4.78 is 5.99. The van der Waals surface area contributed by atoms with Crippen molar-refractivity contribution in [3.05, 3.63) is 102 Å². The first-order chi connectivity index (χ1) is 12.7. The lowest BCUT2D eigenvalue weighted by molar-refractivity contribution is 0.481. The first kappa shape index (κ1) is 16.7. The Balaban J connectivity index is 1.70. The van der Waals surface area contributed by atoms with Gasteiger partial charge in [-0.05, 0) is 60.0 Å². The number of halogens is 1. The zero-order valence-corrected chi connectivity index (χ0v) is 15.0. The van der Waals surface area contributed by atoms with Crippen LogP contribution in [0.3, 0.4) is 0 Å². The first-order valence-electron chi connectivity index (χ1n) is 8.63. The number of aromatic nitrogens is 1. The van der Waals surface area contributed by atoms with Crippen LogP contribution >= 0.6 is 11.6 Å². The van der Waals surface area contributed by atoms with Crippen LogP contribution in [0.2, 0.25) is 5.02 Å². The van der Waals surface area contributed by atoms with E-state index in [1.54, 1.807) is 0 Å². The van der Waals surface area contributed by atoms with Crippen LogP contribution in [-0.4, -0.2) is 4.98 Å². The van der Waals surface area contributed by atoms with Crippen LogP contribution < -0.4 is 4.74 Å². The summed E-state index contributed by atoms with van der Waals surface area (Å²) in [7, 11) is 0. The third-order valence-electron chi connectivity index (χ3n) is 4.58. The molecule has 0 saturated carbocycles. The van der Waals surface area contributed by atoms with Gasteiger partial charge < -0.3 is 9.72 Å². The lowest BCUT2D eigenvalue weighted by Crippen LogP contribution is -1.99. The molecule has 1 aromatic heterocycles. The van der Waals surface area contributed by atoms with Crippen molar-refractivity contribution in [3.63, 3.8) is 0 Å². The van der Waals surface area contributed by atoms with Crippen LogP contribution in [0, 0.1) is 6.92 Å². The summed E-state index contributed by atoms with van der Waals surface area (Å²) >= 11 is 6.21. The summed E-state index contributed by atoms with van der Waals surface area (Å²) in [5.41, 5.74) is 3.46. The van der Waals surface area contributed by atoms with Gasteiger partial charge in [0.05, 0.1) is 0 Å². The normalized spacial score (nSPS) is 12.2. The highest BCUT2D eigenvalue weighted by molar-refractivity contribution is 6.31. The van der Waals surface area contributed by atoms with Gasteiger partial charge in [-0.1, -0.05) is 48.9 Å². The Bertz CT molecular complexity index is 1020. The molecule has 0 bridgehead atoms. The molecule has 0 spiro atoms. The van der Waals surface area contributed by atoms with E-state index in [2.05, 4.69) is 30.2 Å². The van der Waals surface area contributed by atoms with Gasteiger partial charge in [-0.2, -0.15) is 0 Å². The Hall–Kier alpha value is -2.71. The number of nitrogens with one attached hydrogen (secondary N) is 1. The predicted molar refractivity (Wildman–Crippen MR) is 108 cm³/mol. The van der Waals surface area contributed by atoms with Gasteiger partial charge >= 0.3 is 0 Å². The minimum absolute atomic E-state index is 0.168. The molecule has 0 saturated heterocycles. The van der Waals surface area contributed by atoms with E-state index in [-0.39, 0.29) is 5.92 Å². The molecule has 0 amide bonds. The molecule has 0 aliphatic carbocycles. The molecule has 4 rings (SSSR count). The Kier molecular flexibility index (Phi) is 4.68. The summed E-state index contributed by atoms with van der Waals surface area (Å²) in [6.45, 7) is 4.17. The number of fused-ring (bicyclic) bond motifs is 1. The zero-order valence-electron chi connectivity index (χ0n) is 14.3. The maximum Gasteiger partial charge on any atom is 0.127 e. The highest BCUT2D eigenvalue weighted by Crippen LogP contribution is 2.36. The van der Waals surface area contributed by atoms with Crippen molar-refractivity contribution in [1.29, 1.82) is 0 Å². The van der Waals surface area contributed by atoms with E-state index in [0.29, 0.717) is 0 Å². The maximum atomic E-state index is 6.21. The van der Waals surface area contributed by atoms with E-state index in [1.165, 1.54) is 11.1 Å². The smallest absolute Gasteiger partial charge is 0.127 e. The summed E-state index contributed by atoms with van der Waals surface area (Å²) in [6, 6.07) is 23.9. The van der Waals surface area contributed by atoms with Crippen molar-refractivity contribution in [2.75, 3.05) is 0 Å². The van der Waals surface area contributed by atoms with Gasteiger partial charge in [0.1, 0.15) is 11.5 Å². The van der Waals surface area contributed by atoms with Crippen LogP contribution in [-0.2, 0) is 0 Å². The van der Waals surface area contributed by atoms with Crippen LogP contribution in [0.5, 0.6) is 11.5 Å². The minimum Gasteiger partial charge on any atom is -0.457 e. The average Bonchev–Trinajstić information content (AvgIpc) is 3.07. The monoisotopic (exact) mass is 360 g/mol. The van der Waals surface area contributed by atoms with E-state index in [0.717, 1.165) is 33.8 Å². The molecule has 129 valence electrons. The Morgan fingerprint density at radius 2 is 1.73 bits per heavy atom. The third-order valence-corrected chi connectivity index (χ3v) is 4.81. The number of hydrogen-bond donors (Lipinski definition) is 1. The van der Waals surface area contributed by atoms with Gasteiger partial charge in [0.2, 0.25) is 0 Å². The molecule has 3 heteroatoms. The number of H-pyrrole nitrogens is 1. The molecule has 2 nitrogen and oxygen atoms in total. The maximum absolute atomic E-state index is 6.21. The van der Waals surface area contributed by atoms with Crippen molar-refractivity contribution >= 4 is 22.5 Å². The lowest BCUT2D eigenvalue weighted by atomic mass is 9.89. The summed E-state index contributed by atoms with van der Waals surface area (Å²) in [5.74, 6) is 1.82. The number of ether oxygens (including phenoxy) is 1. The standard InChI is InChI=1S/C23H19ClNO/c1-2-20(22-15-25-23-12-11-17(24)14-21(22)23)16-7-6-10-19(13-16)26-18-8-4-3-5-9-18/h3-15,20,25H,1-2H2. The third kappa shape index (κ3) is 3.33. The summed E-state index contributed by atoms with van der Waals surface area (Å²) in [6.07, 6.45) is 2.80. The molecule has 1 atom stereocenters. The second kappa shape index (κ2) is 7.27. The molecular weight excluding hydrogens is 342 g/mol. The Labute approximate surface area is 158 Å². The van der Waals surface area contributed by atoms with Gasteiger partial charge in [0.25, 0.3) is 0 Å². The van der Waals surface area contributed by atoms with Crippen LogP contribution in [0.25, 0.3) is 10.9 Å². The molecule has 1 radical (unpaired) electrons. The summed E-state index contributed by atoms with van der Waals surface area (Å²) in [4.78, 5) is 3.34. The molecule has 0 fully saturated rings. The second-order valence-corrected chi connectivity index (χ2v) is 6.70. The highest BCUT2D eigenvalue weighted by Gasteiger charge is 2.17. The minimum atomic E-state index is 0.168. The van der Waals surface area contributed by atoms with Crippen LogP contribution in [0.4, 0.5) is 0 Å². The second-order valence-electron chi connectivity index (χ2n) is 6.26. The number of para-hydroxylation sites is 1. The van der Waals surface area contributed by atoms with Crippen molar-refractivity contribution < 1.29 is 4.74 Å². The van der Waals surface area contributed by atoms with Crippen molar-refractivity contribution in [1.82, 2.24) is 4.98 Å². The first-order valence-corrected chi connectivity index (χ1v) is 9.01. The molecular formula is C23H19ClNO. The lowest BCUT2D eigenvalue weighted by Gasteiger charge is -2.16. The van der Waals surface area contributed by atoms with E-state index in [1.807, 2.05) is 60.7 Å². The number of rotatable bonds is 5. The molecule has 1 heterocycles. The zero-order chi connectivity index (χ0) is 17.9. The molecule has 26 heavy (non-hydrogen) atoms. The molecule has 0 aliphatic heterocycles. The fourth-order valence-electron chi connectivity index (χ4n) is 3.32. The predicted octanol–water partition coefficient (Wildman–Crippen LogP) is 6.97. The fourth-order valence-corrected chi connectivity index (χ4v) is 3.50. The molecule has 0 aliphatic rings. The summed E-state index contributed by atoms with van der Waals surface area (Å²) in [5, 5.41) is 1.88. The fraction of sp³-hybridized carbons (Fsp3) is 0.0870. The van der Waals surface area contributed by atoms with Crippen LogP contribution in [0.1, 0.15) is 23.5 Å².